The number of esters is 1. The van der Waals surface area contributed by atoms with Gasteiger partial charge in [0.2, 0.25) is 0 Å². The Balaban J connectivity index is 1.78. The molecule has 2 heterocycles. The van der Waals surface area contributed by atoms with Gasteiger partial charge in [0.15, 0.2) is 13.9 Å². The summed E-state index contributed by atoms with van der Waals surface area (Å²) in [4.78, 5) is 15.4. The highest BCUT2D eigenvalue weighted by Crippen LogP contribution is 2.50. The molecule has 1 N–H and O–H groups in total. The molecule has 3 aromatic carbocycles. The predicted molar refractivity (Wildman–Crippen MR) is 159 cm³/mol. The van der Waals surface area contributed by atoms with Crippen molar-refractivity contribution in [2.24, 2.45) is 0 Å². The summed E-state index contributed by atoms with van der Waals surface area (Å²) in [6.07, 6.45) is 0. The molecule has 2 aliphatic rings. The van der Waals surface area contributed by atoms with E-state index in [9.17, 15) is 9.90 Å². The third-order valence-corrected chi connectivity index (χ3v) is 17.0. The van der Waals surface area contributed by atoms with E-state index in [1.807, 2.05) is 50.5 Å². The molecule has 0 radical (unpaired) electrons. The highest BCUT2D eigenvalue weighted by Gasteiger charge is 2.56. The molecule has 0 amide bonds. The van der Waals surface area contributed by atoms with Gasteiger partial charge in [-0.05, 0) is 58.8 Å². The first kappa shape index (κ1) is 26.7. The van der Waals surface area contributed by atoms with Gasteiger partial charge >= 0.3 is 5.97 Å². The van der Waals surface area contributed by atoms with Crippen molar-refractivity contribution in [3.63, 3.8) is 0 Å². The number of carbonyl (C=O) groups excluding carboxylic acids is 1. The van der Waals surface area contributed by atoms with Crippen molar-refractivity contribution in [2.45, 2.75) is 64.2 Å². The van der Waals surface area contributed by atoms with Crippen LogP contribution in [0.2, 0.25) is 31.2 Å². The van der Waals surface area contributed by atoms with Crippen molar-refractivity contribution in [2.75, 3.05) is 19.0 Å². The maximum Gasteiger partial charge on any atom is 0.340 e. The lowest BCUT2D eigenvalue weighted by Gasteiger charge is -2.44. The molecule has 5 nitrogen and oxygen atoms in total. The number of hydrogen-bond acceptors (Lipinski definition) is 5. The summed E-state index contributed by atoms with van der Waals surface area (Å²) in [5.41, 5.74) is 4.18. The fourth-order valence-electron chi connectivity index (χ4n) is 5.57. The predicted octanol–water partition coefficient (Wildman–Crippen LogP) is 5.58. The van der Waals surface area contributed by atoms with Crippen molar-refractivity contribution < 1.29 is 19.1 Å². The van der Waals surface area contributed by atoms with Crippen LogP contribution >= 0.6 is 0 Å². The molecule has 0 saturated heterocycles. The van der Waals surface area contributed by atoms with Crippen LogP contribution in [-0.4, -0.2) is 41.6 Å². The summed E-state index contributed by atoms with van der Waals surface area (Å²) in [5, 5.41) is 13.7. The number of carbonyl (C=O) groups is 1. The number of ether oxygens (including phenoxy) is 1. The number of phenols is 1. The summed E-state index contributed by atoms with van der Waals surface area (Å²) < 4.78 is 13.0. The van der Waals surface area contributed by atoms with Gasteiger partial charge in [0.25, 0.3) is 0 Å². The van der Waals surface area contributed by atoms with Gasteiger partial charge < -0.3 is 19.2 Å². The van der Waals surface area contributed by atoms with Crippen LogP contribution in [0, 0.1) is 0 Å². The maximum atomic E-state index is 13.3. The second kappa shape index (κ2) is 8.56. The molecule has 200 valence electrons. The van der Waals surface area contributed by atoms with E-state index in [4.69, 9.17) is 9.16 Å². The topological polar surface area (TPSA) is 59.0 Å². The lowest BCUT2D eigenvalue weighted by atomic mass is 9.78. The van der Waals surface area contributed by atoms with E-state index in [1.54, 1.807) is 0 Å². The standard InChI is InChI=1S/C31H39NO4Si2/c1-30(2,3)38(8,9)35-19-20-16-25-28(18-26(20)33)37(6,7)27-17-21(32(4)5)14-15-24(27)31(25)23-13-11-10-12-22(23)29(34)36-31/h10-18,33H,19H2,1-9H3. The van der Waals surface area contributed by atoms with E-state index >= 15 is 0 Å². The van der Waals surface area contributed by atoms with Gasteiger partial charge in [-0.3, -0.25) is 0 Å². The minimum Gasteiger partial charge on any atom is -0.508 e. The maximum absolute atomic E-state index is 13.3. The number of nitrogens with zero attached hydrogens (tertiary/aromatic N) is 1. The minimum atomic E-state index is -2.30. The van der Waals surface area contributed by atoms with Gasteiger partial charge in [-0.15, -0.1) is 0 Å². The number of fused-ring (bicyclic) bond motifs is 6. The molecule has 0 aliphatic carbocycles. The van der Waals surface area contributed by atoms with Crippen molar-refractivity contribution in [3.05, 3.63) is 82.4 Å². The molecule has 7 heteroatoms. The lowest BCUT2D eigenvalue weighted by molar-refractivity contribution is 0.0254. The van der Waals surface area contributed by atoms with Crippen molar-refractivity contribution in [1.29, 1.82) is 0 Å². The van der Waals surface area contributed by atoms with Crippen LogP contribution < -0.4 is 15.3 Å². The van der Waals surface area contributed by atoms with Crippen molar-refractivity contribution in [1.82, 2.24) is 0 Å². The molecule has 0 saturated carbocycles. The van der Waals surface area contributed by atoms with Crippen LogP contribution in [0.15, 0.2) is 54.6 Å². The zero-order valence-corrected chi connectivity index (χ0v) is 26.0. The fourth-order valence-corrected chi connectivity index (χ4v) is 9.67. The first-order chi connectivity index (χ1) is 17.6. The Labute approximate surface area is 228 Å². The highest BCUT2D eigenvalue weighted by molar-refractivity contribution is 7.01. The zero-order valence-electron chi connectivity index (χ0n) is 24.0. The number of hydrogen-bond donors (Lipinski definition) is 1. The first-order valence-electron chi connectivity index (χ1n) is 13.3. The van der Waals surface area contributed by atoms with E-state index < -0.39 is 22.0 Å². The lowest BCUT2D eigenvalue weighted by Crippen LogP contribution is -2.63. The highest BCUT2D eigenvalue weighted by atomic mass is 28.4. The summed E-state index contributed by atoms with van der Waals surface area (Å²) in [5.74, 6) is -0.0780. The number of phenolic OH excluding ortho intramolecular Hbond substituents is 1. The molecule has 1 spiro atoms. The molecular formula is C31H39NO4Si2. The number of anilines is 1. The van der Waals surface area contributed by atoms with Crippen LogP contribution in [0.3, 0.4) is 0 Å². The third kappa shape index (κ3) is 3.78. The van der Waals surface area contributed by atoms with Gasteiger partial charge in [-0.2, -0.15) is 0 Å². The molecule has 1 unspecified atom stereocenters. The fraction of sp³-hybridized carbons (Fsp3) is 0.387. The quantitative estimate of drug-likeness (QED) is 0.343. The number of rotatable bonds is 4. The Bertz CT molecular complexity index is 1450. The Morgan fingerprint density at radius 2 is 1.63 bits per heavy atom. The molecule has 5 rings (SSSR count). The molecule has 1 atom stereocenters. The SMILES string of the molecule is CN(C)c1ccc2c(c1)[Si](C)(C)c1cc(O)c(CO[Si](C)(C)C(C)(C)C)cc1C21OC(=O)c2ccccc21. The summed E-state index contributed by atoms with van der Waals surface area (Å²) in [6.45, 7) is 16.0. The zero-order chi connectivity index (χ0) is 27.8. The van der Waals surface area contributed by atoms with E-state index in [0.29, 0.717) is 12.2 Å². The minimum absolute atomic E-state index is 0.0516. The number of aromatic hydroxyl groups is 1. The molecular weight excluding hydrogens is 507 g/mol. The molecule has 38 heavy (non-hydrogen) atoms. The molecule has 0 fully saturated rings. The Morgan fingerprint density at radius 3 is 2.29 bits per heavy atom. The van der Waals surface area contributed by atoms with Crippen LogP contribution in [0.4, 0.5) is 5.69 Å². The molecule has 0 aromatic heterocycles. The summed E-state index contributed by atoms with van der Waals surface area (Å²) in [6, 6.07) is 18.2. The molecule has 0 bridgehead atoms. The van der Waals surface area contributed by atoms with E-state index in [-0.39, 0.29) is 16.8 Å². The van der Waals surface area contributed by atoms with Crippen molar-refractivity contribution in [3.8, 4) is 5.75 Å². The summed E-state index contributed by atoms with van der Waals surface area (Å²) >= 11 is 0. The second-order valence-electron chi connectivity index (χ2n) is 12.9. The first-order valence-corrected chi connectivity index (χ1v) is 19.2. The molecule has 3 aromatic rings. The average Bonchev–Trinajstić information content (AvgIpc) is 3.14. The number of benzene rings is 3. The van der Waals surface area contributed by atoms with Crippen LogP contribution in [-0.2, 0) is 21.4 Å². The van der Waals surface area contributed by atoms with E-state index in [2.05, 4.69) is 70.1 Å². The van der Waals surface area contributed by atoms with E-state index in [0.717, 1.165) is 33.1 Å². The van der Waals surface area contributed by atoms with Gasteiger partial charge in [0.1, 0.15) is 13.8 Å². The van der Waals surface area contributed by atoms with Crippen LogP contribution in [0.5, 0.6) is 5.75 Å². The molecule has 2 aliphatic heterocycles. The van der Waals surface area contributed by atoms with Crippen LogP contribution in [0.25, 0.3) is 0 Å². The largest absolute Gasteiger partial charge is 0.508 e. The van der Waals surface area contributed by atoms with Gasteiger partial charge in [-0.25, -0.2) is 4.79 Å². The van der Waals surface area contributed by atoms with Gasteiger partial charge in [0.05, 0.1) is 12.2 Å². The van der Waals surface area contributed by atoms with Crippen molar-refractivity contribution >= 4 is 38.4 Å². The Kier molecular flexibility index (Phi) is 6.02. The van der Waals surface area contributed by atoms with Crippen LogP contribution in [0.1, 0.15) is 53.4 Å². The van der Waals surface area contributed by atoms with Gasteiger partial charge in [0, 0.05) is 42.0 Å². The Hall–Kier alpha value is -2.88. The summed E-state index contributed by atoms with van der Waals surface area (Å²) in [7, 11) is -0.278. The van der Waals surface area contributed by atoms with Gasteiger partial charge in [-0.1, -0.05) is 58.1 Å². The Morgan fingerprint density at radius 1 is 0.974 bits per heavy atom. The smallest absolute Gasteiger partial charge is 0.340 e. The van der Waals surface area contributed by atoms with E-state index in [1.165, 1.54) is 5.19 Å². The monoisotopic (exact) mass is 545 g/mol. The normalized spacial score (nSPS) is 19.6. The average molecular weight is 546 g/mol. The third-order valence-electron chi connectivity index (χ3n) is 9.01. The second-order valence-corrected chi connectivity index (χ2v) is 22.1.